The van der Waals surface area contributed by atoms with E-state index in [9.17, 15) is 4.79 Å². The lowest BCUT2D eigenvalue weighted by Gasteiger charge is -2.31. The average molecular weight is 280 g/mol. The molecule has 1 unspecified atom stereocenters. The molecule has 2 N–H and O–H groups in total. The van der Waals surface area contributed by atoms with E-state index in [0.29, 0.717) is 17.7 Å². The first-order chi connectivity index (χ1) is 9.29. The van der Waals surface area contributed by atoms with Crippen LogP contribution < -0.4 is 5.73 Å². The molecule has 1 fully saturated rings. The summed E-state index contributed by atoms with van der Waals surface area (Å²) < 4.78 is 5.34. The predicted molar refractivity (Wildman–Crippen MR) is 77.9 cm³/mol. The summed E-state index contributed by atoms with van der Waals surface area (Å²) in [5, 5.41) is 0.447. The van der Waals surface area contributed by atoms with Crippen LogP contribution in [0.15, 0.2) is 30.3 Å². The summed E-state index contributed by atoms with van der Waals surface area (Å²) in [4.78, 5) is 13.8. The van der Waals surface area contributed by atoms with Gasteiger partial charge in [-0.2, -0.15) is 0 Å². The maximum Gasteiger partial charge on any atom is 0.410 e. The molecule has 0 radical (unpaired) electrons. The number of benzene rings is 1. The second kappa shape index (κ2) is 7.40. The van der Waals surface area contributed by atoms with Crippen molar-refractivity contribution in [3.8, 4) is 0 Å². The molecular weight excluding hydrogens is 260 g/mol. The van der Waals surface area contributed by atoms with Crippen LogP contribution in [0.3, 0.4) is 0 Å². The van der Waals surface area contributed by atoms with Gasteiger partial charge in [-0.15, -0.1) is 11.8 Å². The Morgan fingerprint density at radius 3 is 2.95 bits per heavy atom. The fourth-order valence-electron chi connectivity index (χ4n) is 2.19. The summed E-state index contributed by atoms with van der Waals surface area (Å²) in [6.07, 6.45) is 1.94. The molecule has 0 spiro atoms. The smallest absolute Gasteiger partial charge is 0.410 e. The number of rotatable bonds is 4. The molecule has 0 aliphatic carbocycles. The van der Waals surface area contributed by atoms with Crippen molar-refractivity contribution in [3.05, 3.63) is 35.9 Å². The Morgan fingerprint density at radius 1 is 1.42 bits per heavy atom. The maximum atomic E-state index is 12.0. The number of hydrogen-bond acceptors (Lipinski definition) is 4. The third-order valence-electron chi connectivity index (χ3n) is 3.17. The van der Waals surface area contributed by atoms with Gasteiger partial charge < -0.3 is 15.4 Å². The van der Waals surface area contributed by atoms with Gasteiger partial charge in [0.1, 0.15) is 6.61 Å². The van der Waals surface area contributed by atoms with Gasteiger partial charge in [0.05, 0.1) is 0 Å². The highest BCUT2D eigenvalue weighted by Gasteiger charge is 2.24. The largest absolute Gasteiger partial charge is 0.445 e. The highest BCUT2D eigenvalue weighted by Crippen LogP contribution is 2.21. The van der Waals surface area contributed by atoms with E-state index in [1.807, 2.05) is 30.3 Å². The van der Waals surface area contributed by atoms with E-state index in [1.54, 1.807) is 16.7 Å². The summed E-state index contributed by atoms with van der Waals surface area (Å²) in [5.41, 5.74) is 6.56. The van der Waals surface area contributed by atoms with E-state index in [4.69, 9.17) is 10.5 Å². The highest BCUT2D eigenvalue weighted by atomic mass is 32.2. The number of amides is 1. The van der Waals surface area contributed by atoms with E-state index >= 15 is 0 Å². The normalized spacial score (nSPS) is 19.2. The molecular formula is C14H20N2O2S. The summed E-state index contributed by atoms with van der Waals surface area (Å²) in [7, 11) is 0. The topological polar surface area (TPSA) is 55.6 Å². The fourth-order valence-corrected chi connectivity index (χ4v) is 3.08. The number of thioether (sulfide) groups is 1. The first-order valence-electron chi connectivity index (χ1n) is 6.57. The molecule has 1 heterocycles. The van der Waals surface area contributed by atoms with Gasteiger partial charge in [-0.1, -0.05) is 30.3 Å². The van der Waals surface area contributed by atoms with Crippen LogP contribution in [0, 0.1) is 0 Å². The lowest BCUT2D eigenvalue weighted by atomic mass is 10.1. The van der Waals surface area contributed by atoms with E-state index < -0.39 is 0 Å². The first-order valence-corrected chi connectivity index (χ1v) is 7.62. The van der Waals surface area contributed by atoms with E-state index in [0.717, 1.165) is 31.5 Å². The number of nitrogens with zero attached hydrogens (tertiary/aromatic N) is 1. The minimum Gasteiger partial charge on any atom is -0.445 e. The molecule has 19 heavy (non-hydrogen) atoms. The van der Waals surface area contributed by atoms with Crippen molar-refractivity contribution >= 4 is 17.9 Å². The number of ether oxygens (including phenoxy) is 1. The van der Waals surface area contributed by atoms with Gasteiger partial charge in [-0.05, 0) is 18.4 Å². The number of likely N-dealkylation sites (tertiary alicyclic amines) is 1. The fraction of sp³-hybridized carbons (Fsp3) is 0.500. The Labute approximate surface area is 118 Å². The zero-order valence-electron chi connectivity index (χ0n) is 11.0. The van der Waals surface area contributed by atoms with Gasteiger partial charge in [-0.3, -0.25) is 0 Å². The Balaban J connectivity index is 1.79. The van der Waals surface area contributed by atoms with Gasteiger partial charge in [-0.25, -0.2) is 4.79 Å². The number of carbonyl (C=O) groups excluding carboxylic acids is 1. The van der Waals surface area contributed by atoms with Gasteiger partial charge in [0.15, 0.2) is 0 Å². The van der Waals surface area contributed by atoms with Crippen molar-refractivity contribution in [2.75, 3.05) is 19.0 Å². The lowest BCUT2D eigenvalue weighted by Crippen LogP contribution is -2.41. The van der Waals surface area contributed by atoms with Gasteiger partial charge in [0, 0.05) is 24.2 Å². The summed E-state index contributed by atoms with van der Waals surface area (Å²) in [5.74, 6) is 0.609. The monoisotopic (exact) mass is 280 g/mol. The van der Waals surface area contributed by atoms with Crippen LogP contribution in [-0.4, -0.2) is 35.2 Å². The van der Waals surface area contributed by atoms with Crippen LogP contribution in [0.2, 0.25) is 0 Å². The molecule has 2 rings (SSSR count). The third kappa shape index (κ3) is 4.44. The molecule has 1 aliphatic rings. The minimum atomic E-state index is -0.217. The summed E-state index contributed by atoms with van der Waals surface area (Å²) in [6, 6.07) is 9.74. The van der Waals surface area contributed by atoms with Gasteiger partial charge in [0.2, 0.25) is 0 Å². The maximum absolute atomic E-state index is 12.0. The number of nitrogens with two attached hydrogens (primary N) is 1. The van der Waals surface area contributed by atoms with Crippen molar-refractivity contribution in [3.63, 3.8) is 0 Å². The summed E-state index contributed by atoms with van der Waals surface area (Å²) in [6.45, 7) is 1.87. The van der Waals surface area contributed by atoms with Crippen LogP contribution in [0.25, 0.3) is 0 Å². The van der Waals surface area contributed by atoms with Crippen molar-refractivity contribution in [2.24, 2.45) is 5.73 Å². The standard InChI is InChI=1S/C14H20N2O2S/c15-11-19-13-7-4-8-16(9-13)14(17)18-10-12-5-2-1-3-6-12/h1-3,5-6,13H,4,7-11,15H2. The van der Waals surface area contributed by atoms with Crippen molar-refractivity contribution in [2.45, 2.75) is 24.7 Å². The van der Waals surface area contributed by atoms with E-state index in [1.165, 1.54) is 0 Å². The third-order valence-corrected chi connectivity index (χ3v) is 4.22. The van der Waals surface area contributed by atoms with Crippen LogP contribution in [0.1, 0.15) is 18.4 Å². The molecule has 1 saturated heterocycles. The zero-order chi connectivity index (χ0) is 13.5. The van der Waals surface area contributed by atoms with Crippen LogP contribution >= 0.6 is 11.8 Å². The average Bonchev–Trinajstić information content (AvgIpc) is 2.46. The molecule has 1 aliphatic heterocycles. The van der Waals surface area contributed by atoms with Gasteiger partial charge >= 0.3 is 6.09 Å². The predicted octanol–water partition coefficient (Wildman–Crippen LogP) is 2.44. The van der Waals surface area contributed by atoms with E-state index in [2.05, 4.69) is 0 Å². The van der Waals surface area contributed by atoms with Crippen molar-refractivity contribution < 1.29 is 9.53 Å². The molecule has 104 valence electrons. The summed E-state index contributed by atoms with van der Waals surface area (Å²) >= 11 is 1.72. The lowest BCUT2D eigenvalue weighted by molar-refractivity contribution is 0.0903. The first kappa shape index (κ1) is 14.2. The minimum absolute atomic E-state index is 0.217. The zero-order valence-corrected chi connectivity index (χ0v) is 11.8. The van der Waals surface area contributed by atoms with Crippen molar-refractivity contribution in [1.82, 2.24) is 4.90 Å². The quantitative estimate of drug-likeness (QED) is 0.861. The molecule has 1 aromatic rings. The second-order valence-electron chi connectivity index (χ2n) is 4.58. The molecule has 5 heteroatoms. The van der Waals surface area contributed by atoms with Gasteiger partial charge in [0.25, 0.3) is 0 Å². The molecule has 4 nitrogen and oxygen atoms in total. The Hall–Kier alpha value is -1.20. The molecule has 1 aromatic carbocycles. The number of hydrogen-bond donors (Lipinski definition) is 1. The molecule has 0 saturated carbocycles. The number of carbonyl (C=O) groups is 1. The molecule has 1 amide bonds. The Bertz CT molecular complexity index is 398. The van der Waals surface area contributed by atoms with E-state index in [-0.39, 0.29) is 6.09 Å². The number of piperidine rings is 1. The molecule has 0 aromatic heterocycles. The van der Waals surface area contributed by atoms with Crippen molar-refractivity contribution in [1.29, 1.82) is 0 Å². The Morgan fingerprint density at radius 2 is 2.21 bits per heavy atom. The van der Waals surface area contributed by atoms with Crippen LogP contribution in [0.5, 0.6) is 0 Å². The SMILES string of the molecule is NCSC1CCCN(C(=O)OCc2ccccc2)C1. The Kier molecular flexibility index (Phi) is 5.54. The highest BCUT2D eigenvalue weighted by molar-refractivity contribution is 7.99. The van der Waals surface area contributed by atoms with Crippen LogP contribution in [0.4, 0.5) is 4.79 Å². The van der Waals surface area contributed by atoms with Crippen LogP contribution in [-0.2, 0) is 11.3 Å². The second-order valence-corrected chi connectivity index (χ2v) is 5.92. The molecule has 1 atom stereocenters. The molecule has 0 bridgehead atoms.